The quantitative estimate of drug-likeness (QED) is 0.349. The number of hydrogen-bond acceptors (Lipinski definition) is 9. The first kappa shape index (κ1) is 32.9. The summed E-state index contributed by atoms with van der Waals surface area (Å²) in [7, 11) is 0. The standard InChI is InChI=1S/C16H17N3O3.C11H10N2O3.C5H9NO/c1-10(20)13-8-19(9-13)15(22)5-2-11-6-12-3-4-14(21)18-16(12)17-7-11;14-9-3-2-8-5-7(1-4-10(15)16)6-12-11(8)13-9;1-4(7)5-2-6-3-5/h2,5-7,13H,3-4,8-9H2,1H3,(H,17,18,21);1,4-6H,2-3H2,(H,15,16)(H,12,13,14);5-6H,2-3H2,1H3/b5-2+;4-1+;. The number of anilines is 2. The Morgan fingerprint density at radius 3 is 1.67 bits per heavy atom. The Bertz CT molecular complexity index is 1560. The number of carbonyl (C=O) groups excluding carboxylic acids is 5. The molecule has 0 bridgehead atoms. The van der Waals surface area contributed by atoms with Crippen LogP contribution < -0.4 is 16.0 Å². The second kappa shape index (κ2) is 15.1. The van der Waals surface area contributed by atoms with Crippen LogP contribution in [0.1, 0.15) is 48.9 Å². The van der Waals surface area contributed by atoms with Gasteiger partial charge in [-0.3, -0.25) is 24.0 Å². The number of rotatable bonds is 6. The lowest BCUT2D eigenvalue weighted by atomic mass is 9.96. The molecule has 13 nitrogen and oxygen atoms in total. The van der Waals surface area contributed by atoms with Gasteiger partial charge in [0.15, 0.2) is 0 Å². The molecule has 0 spiro atoms. The molecule has 2 fully saturated rings. The van der Waals surface area contributed by atoms with Gasteiger partial charge in [-0.15, -0.1) is 0 Å². The summed E-state index contributed by atoms with van der Waals surface area (Å²) in [6.07, 6.45) is 11.1. The van der Waals surface area contributed by atoms with Crippen molar-refractivity contribution in [2.45, 2.75) is 39.5 Å². The fraction of sp³-hybridized carbons (Fsp3) is 0.375. The van der Waals surface area contributed by atoms with E-state index in [1.807, 2.05) is 12.1 Å². The van der Waals surface area contributed by atoms with Crippen molar-refractivity contribution >= 4 is 59.0 Å². The number of nitrogens with zero attached hydrogens (tertiary/aromatic N) is 3. The largest absolute Gasteiger partial charge is 0.478 e. The predicted octanol–water partition coefficient (Wildman–Crippen LogP) is 1.89. The number of nitrogens with one attached hydrogen (secondary N) is 3. The van der Waals surface area contributed by atoms with Gasteiger partial charge < -0.3 is 26.0 Å². The molecule has 2 aromatic heterocycles. The van der Waals surface area contributed by atoms with Crippen molar-refractivity contribution in [1.82, 2.24) is 20.2 Å². The van der Waals surface area contributed by atoms with E-state index >= 15 is 0 Å². The SMILES string of the molecule is CC(=O)C1CN(C(=O)/C=C/c2cnc3c(c2)CCC(=O)N3)C1.CC(=O)C1CNC1.O=C(O)/C=C/c1cnc2c(c1)CCC(=O)N2. The molecule has 3 amide bonds. The molecule has 6 heterocycles. The van der Waals surface area contributed by atoms with Gasteiger partial charge in [0.25, 0.3) is 0 Å². The number of carboxylic acid groups (broad SMARTS) is 1. The number of hydrogen-bond donors (Lipinski definition) is 4. The van der Waals surface area contributed by atoms with Crippen LogP contribution in [0.4, 0.5) is 11.6 Å². The van der Waals surface area contributed by atoms with E-state index in [0.29, 0.717) is 62.1 Å². The molecule has 4 N–H and O–H groups in total. The normalized spacial score (nSPS) is 17.2. The van der Waals surface area contributed by atoms with Crippen LogP contribution >= 0.6 is 0 Å². The smallest absolute Gasteiger partial charge is 0.328 e. The van der Waals surface area contributed by atoms with Crippen molar-refractivity contribution in [1.29, 1.82) is 0 Å². The van der Waals surface area contributed by atoms with Crippen molar-refractivity contribution < 1.29 is 33.9 Å². The molecule has 45 heavy (non-hydrogen) atoms. The number of aromatic nitrogens is 2. The highest BCUT2D eigenvalue weighted by Gasteiger charge is 2.32. The van der Waals surface area contributed by atoms with Gasteiger partial charge in [0.05, 0.1) is 5.92 Å². The Morgan fingerprint density at radius 1 is 0.778 bits per heavy atom. The molecule has 4 aliphatic heterocycles. The van der Waals surface area contributed by atoms with Gasteiger partial charge in [0, 0.05) is 69.5 Å². The van der Waals surface area contributed by atoms with Crippen molar-refractivity contribution in [3.63, 3.8) is 0 Å². The van der Waals surface area contributed by atoms with Crippen molar-refractivity contribution in [3.05, 3.63) is 58.9 Å². The third kappa shape index (κ3) is 9.47. The van der Waals surface area contributed by atoms with Crippen molar-refractivity contribution in [3.8, 4) is 0 Å². The summed E-state index contributed by atoms with van der Waals surface area (Å²) in [6, 6.07) is 3.77. The summed E-state index contributed by atoms with van der Waals surface area (Å²) < 4.78 is 0. The number of aryl methyl sites for hydroxylation is 2. The first-order valence-electron chi connectivity index (χ1n) is 14.7. The Labute approximate surface area is 260 Å². The van der Waals surface area contributed by atoms with Gasteiger partial charge >= 0.3 is 5.97 Å². The molecule has 13 heteroatoms. The lowest BCUT2D eigenvalue weighted by Crippen LogP contribution is -2.51. The lowest BCUT2D eigenvalue weighted by Gasteiger charge is -2.37. The maximum Gasteiger partial charge on any atom is 0.328 e. The van der Waals surface area contributed by atoms with E-state index in [2.05, 4.69) is 25.9 Å². The minimum Gasteiger partial charge on any atom is -0.478 e. The van der Waals surface area contributed by atoms with Gasteiger partial charge in [-0.1, -0.05) is 0 Å². The molecule has 236 valence electrons. The second-order valence-corrected chi connectivity index (χ2v) is 11.2. The van der Waals surface area contributed by atoms with Crippen molar-refractivity contribution in [2.75, 3.05) is 36.8 Å². The highest BCUT2D eigenvalue weighted by atomic mass is 16.4. The Kier molecular flexibility index (Phi) is 11.0. The zero-order valence-electron chi connectivity index (χ0n) is 25.2. The highest BCUT2D eigenvalue weighted by Crippen LogP contribution is 2.23. The summed E-state index contributed by atoms with van der Waals surface area (Å²) in [5.41, 5.74) is 3.46. The summed E-state index contributed by atoms with van der Waals surface area (Å²) in [5, 5.41) is 16.9. The fourth-order valence-corrected chi connectivity index (χ4v) is 4.66. The maximum atomic E-state index is 11.9. The number of pyridine rings is 2. The first-order valence-corrected chi connectivity index (χ1v) is 14.7. The average molecular weight is 617 g/mol. The molecule has 0 atom stereocenters. The van der Waals surface area contributed by atoms with Gasteiger partial charge in [0.1, 0.15) is 23.2 Å². The van der Waals surface area contributed by atoms with Gasteiger partial charge in [-0.2, -0.15) is 0 Å². The van der Waals surface area contributed by atoms with Crippen LogP contribution in [0.15, 0.2) is 36.7 Å². The summed E-state index contributed by atoms with van der Waals surface area (Å²) in [4.78, 5) is 76.1. The van der Waals surface area contributed by atoms with Crippen molar-refractivity contribution in [2.24, 2.45) is 11.8 Å². The number of carbonyl (C=O) groups is 6. The minimum absolute atomic E-state index is 0.00799. The molecule has 2 saturated heterocycles. The van der Waals surface area contributed by atoms with E-state index < -0.39 is 5.97 Å². The van der Waals surface area contributed by atoms with E-state index in [-0.39, 0.29) is 29.4 Å². The zero-order valence-corrected chi connectivity index (χ0v) is 25.2. The third-order valence-corrected chi connectivity index (χ3v) is 7.70. The monoisotopic (exact) mass is 616 g/mol. The zero-order chi connectivity index (χ0) is 32.5. The maximum absolute atomic E-state index is 11.9. The van der Waals surface area contributed by atoms with Gasteiger partial charge in [-0.25, -0.2) is 14.8 Å². The van der Waals surface area contributed by atoms with E-state index in [1.54, 1.807) is 31.0 Å². The molecule has 0 radical (unpaired) electrons. The van der Waals surface area contributed by atoms with Gasteiger partial charge in [-0.05, 0) is 73.2 Å². The molecule has 0 aliphatic carbocycles. The molecular formula is C32H36N6O7. The number of aliphatic carboxylic acids is 1. The number of Topliss-reactive ketones (excluding diaryl/α,β-unsaturated/α-hetero) is 2. The molecule has 6 rings (SSSR count). The van der Waals surface area contributed by atoms with Crippen LogP contribution in [0, 0.1) is 11.8 Å². The van der Waals surface area contributed by atoms with E-state index in [1.165, 1.54) is 18.3 Å². The topological polar surface area (TPSA) is 188 Å². The molecule has 0 aromatic carbocycles. The predicted molar refractivity (Wildman–Crippen MR) is 166 cm³/mol. The summed E-state index contributed by atoms with van der Waals surface area (Å²) >= 11 is 0. The first-order chi connectivity index (χ1) is 21.5. The molecular weight excluding hydrogens is 580 g/mol. The Hall–Kier alpha value is -5.04. The molecule has 0 saturated carbocycles. The Morgan fingerprint density at radius 2 is 1.27 bits per heavy atom. The van der Waals surface area contributed by atoms with E-state index in [4.69, 9.17) is 5.11 Å². The number of amides is 3. The average Bonchev–Trinajstić information content (AvgIpc) is 2.93. The fourth-order valence-electron chi connectivity index (χ4n) is 4.66. The second-order valence-electron chi connectivity index (χ2n) is 11.2. The van der Waals surface area contributed by atoms with Gasteiger partial charge in [0.2, 0.25) is 17.7 Å². The number of likely N-dealkylation sites (tertiary alicyclic amines) is 1. The number of carboxylic acids is 1. The lowest BCUT2D eigenvalue weighted by molar-refractivity contribution is -0.137. The molecule has 4 aliphatic rings. The van der Waals surface area contributed by atoms with Crippen LogP contribution in [0.2, 0.25) is 0 Å². The minimum atomic E-state index is -0.994. The highest BCUT2D eigenvalue weighted by molar-refractivity contribution is 5.95. The van der Waals surface area contributed by atoms with Crippen LogP contribution in [0.25, 0.3) is 12.2 Å². The van der Waals surface area contributed by atoms with E-state index in [0.717, 1.165) is 41.4 Å². The van der Waals surface area contributed by atoms with Crippen LogP contribution in [-0.2, 0) is 41.6 Å². The van der Waals surface area contributed by atoms with Crippen LogP contribution in [0.5, 0.6) is 0 Å². The number of fused-ring (bicyclic) bond motifs is 2. The summed E-state index contributed by atoms with van der Waals surface area (Å²) in [5.74, 6) is 0.814. The van der Waals surface area contributed by atoms with Crippen LogP contribution in [0.3, 0.4) is 0 Å². The third-order valence-electron chi connectivity index (χ3n) is 7.70. The van der Waals surface area contributed by atoms with E-state index in [9.17, 15) is 28.8 Å². The van der Waals surface area contributed by atoms with Crippen LogP contribution in [-0.4, -0.2) is 81.4 Å². The molecule has 0 unspecified atom stereocenters. The Balaban J connectivity index is 0.000000174. The summed E-state index contributed by atoms with van der Waals surface area (Å²) in [6.45, 7) is 6.01. The number of ketones is 2. The molecule has 2 aromatic rings.